The number of carbonyl (C=O) groups is 2. The summed E-state index contributed by atoms with van der Waals surface area (Å²) in [6.07, 6.45) is 1.36. The Kier molecular flexibility index (Phi) is 6.44. The lowest BCUT2D eigenvalue weighted by atomic mass is 9.99. The Morgan fingerprint density at radius 2 is 1.91 bits per heavy atom. The van der Waals surface area contributed by atoms with E-state index in [1.807, 2.05) is 36.9 Å². The fourth-order valence-electron chi connectivity index (χ4n) is 3.06. The summed E-state index contributed by atoms with van der Waals surface area (Å²) in [5.74, 6) is 0.512. The number of likely N-dealkylation sites (tertiary alicyclic amines) is 1. The molecule has 1 aliphatic rings. The van der Waals surface area contributed by atoms with Crippen molar-refractivity contribution in [3.8, 4) is 0 Å². The average molecular weight is 317 g/mol. The smallest absolute Gasteiger partial charge is 0.317 e. The molecule has 1 fully saturated rings. The maximum Gasteiger partial charge on any atom is 0.317 e. The van der Waals surface area contributed by atoms with Gasteiger partial charge in [0.1, 0.15) is 0 Å². The quantitative estimate of drug-likeness (QED) is 0.876. The van der Waals surface area contributed by atoms with Gasteiger partial charge < -0.3 is 15.1 Å². The molecule has 5 heteroatoms. The van der Waals surface area contributed by atoms with Crippen molar-refractivity contribution in [1.82, 2.24) is 15.1 Å². The van der Waals surface area contributed by atoms with E-state index >= 15 is 0 Å². The van der Waals surface area contributed by atoms with Gasteiger partial charge in [0.15, 0.2) is 0 Å². The van der Waals surface area contributed by atoms with Crippen LogP contribution >= 0.6 is 0 Å². The van der Waals surface area contributed by atoms with E-state index in [1.54, 1.807) is 4.90 Å². The summed E-state index contributed by atoms with van der Waals surface area (Å²) in [5.41, 5.74) is 1.29. The van der Waals surface area contributed by atoms with E-state index in [1.165, 1.54) is 5.56 Å². The first-order chi connectivity index (χ1) is 11.2. The molecule has 1 saturated heterocycles. The van der Waals surface area contributed by atoms with Crippen molar-refractivity contribution in [2.45, 2.75) is 32.6 Å². The molecule has 1 aromatic rings. The summed E-state index contributed by atoms with van der Waals surface area (Å²) in [4.78, 5) is 27.7. The highest BCUT2D eigenvalue weighted by molar-refractivity contribution is 5.78. The number of urea groups is 1. The standard InChI is InChI=1S/C18H27N3O2/c1-3-20(4-2)17(22)10-12-19-18(23)21-13-11-16(14-21)15-8-6-5-7-9-15/h5-9,16H,3-4,10-14H2,1-2H3,(H,19,23). The molecule has 5 nitrogen and oxygen atoms in total. The predicted molar refractivity (Wildman–Crippen MR) is 91.3 cm³/mol. The van der Waals surface area contributed by atoms with E-state index in [4.69, 9.17) is 0 Å². The van der Waals surface area contributed by atoms with Crippen LogP contribution in [0.25, 0.3) is 0 Å². The minimum absolute atomic E-state index is 0.0595. The molecule has 3 amide bonds. The second-order valence-corrected chi connectivity index (χ2v) is 5.89. The number of hydrogen-bond donors (Lipinski definition) is 1. The third-order valence-electron chi connectivity index (χ3n) is 4.48. The Morgan fingerprint density at radius 3 is 2.57 bits per heavy atom. The van der Waals surface area contributed by atoms with E-state index in [9.17, 15) is 9.59 Å². The molecule has 0 aromatic heterocycles. The predicted octanol–water partition coefficient (Wildman–Crippen LogP) is 2.44. The molecule has 0 radical (unpaired) electrons. The molecule has 23 heavy (non-hydrogen) atoms. The number of nitrogens with one attached hydrogen (secondary N) is 1. The van der Waals surface area contributed by atoms with Gasteiger partial charge >= 0.3 is 6.03 Å². The SMILES string of the molecule is CCN(CC)C(=O)CCNC(=O)N1CCC(c2ccccc2)C1. The zero-order valence-corrected chi connectivity index (χ0v) is 14.1. The van der Waals surface area contributed by atoms with Crippen molar-refractivity contribution in [3.05, 3.63) is 35.9 Å². The average Bonchev–Trinajstić information content (AvgIpc) is 3.07. The van der Waals surface area contributed by atoms with Crippen LogP contribution in [0.2, 0.25) is 0 Å². The fraction of sp³-hybridized carbons (Fsp3) is 0.556. The zero-order valence-electron chi connectivity index (χ0n) is 14.1. The molecule has 1 atom stereocenters. The molecule has 0 saturated carbocycles. The van der Waals surface area contributed by atoms with Gasteiger partial charge in [0, 0.05) is 45.1 Å². The van der Waals surface area contributed by atoms with Crippen LogP contribution in [0, 0.1) is 0 Å². The van der Waals surface area contributed by atoms with Crippen molar-refractivity contribution >= 4 is 11.9 Å². The molecular formula is C18H27N3O2. The number of amides is 3. The van der Waals surface area contributed by atoms with Gasteiger partial charge in [0.2, 0.25) is 5.91 Å². The summed E-state index contributed by atoms with van der Waals surface area (Å²) in [6.45, 7) is 7.29. The molecule has 0 bridgehead atoms. The first-order valence-electron chi connectivity index (χ1n) is 8.51. The molecule has 1 aliphatic heterocycles. The molecular weight excluding hydrogens is 290 g/mol. The minimum atomic E-state index is -0.0595. The van der Waals surface area contributed by atoms with Crippen molar-refractivity contribution in [2.24, 2.45) is 0 Å². The van der Waals surface area contributed by atoms with Gasteiger partial charge in [0.25, 0.3) is 0 Å². The van der Waals surface area contributed by atoms with Crippen LogP contribution in [0.15, 0.2) is 30.3 Å². The van der Waals surface area contributed by atoms with Crippen LogP contribution < -0.4 is 5.32 Å². The summed E-state index contributed by atoms with van der Waals surface area (Å²) >= 11 is 0. The lowest BCUT2D eigenvalue weighted by molar-refractivity contribution is -0.130. The van der Waals surface area contributed by atoms with Crippen LogP contribution in [0.4, 0.5) is 4.79 Å². The van der Waals surface area contributed by atoms with Crippen LogP contribution in [-0.4, -0.2) is 54.5 Å². The Morgan fingerprint density at radius 1 is 1.22 bits per heavy atom. The lowest BCUT2D eigenvalue weighted by Gasteiger charge is -2.20. The van der Waals surface area contributed by atoms with Crippen LogP contribution in [0.1, 0.15) is 38.2 Å². The van der Waals surface area contributed by atoms with E-state index in [-0.39, 0.29) is 11.9 Å². The molecule has 1 N–H and O–H groups in total. The summed E-state index contributed by atoms with van der Waals surface area (Å²) < 4.78 is 0. The number of carbonyl (C=O) groups excluding carboxylic acids is 2. The Balaban J connectivity index is 1.74. The Labute approximate surface area is 138 Å². The van der Waals surface area contributed by atoms with Crippen molar-refractivity contribution in [1.29, 1.82) is 0 Å². The third kappa shape index (κ3) is 4.71. The molecule has 1 unspecified atom stereocenters. The van der Waals surface area contributed by atoms with E-state index in [0.717, 1.165) is 19.5 Å². The maximum atomic E-state index is 12.2. The van der Waals surface area contributed by atoms with Gasteiger partial charge in [-0.1, -0.05) is 30.3 Å². The van der Waals surface area contributed by atoms with Gasteiger partial charge in [-0.3, -0.25) is 4.79 Å². The summed E-state index contributed by atoms with van der Waals surface area (Å²) in [5, 5.41) is 2.87. The van der Waals surface area contributed by atoms with Crippen molar-refractivity contribution < 1.29 is 9.59 Å². The zero-order chi connectivity index (χ0) is 16.7. The fourth-order valence-corrected chi connectivity index (χ4v) is 3.06. The molecule has 0 spiro atoms. The normalized spacial score (nSPS) is 17.1. The van der Waals surface area contributed by atoms with Gasteiger partial charge in [-0.15, -0.1) is 0 Å². The van der Waals surface area contributed by atoms with Crippen LogP contribution in [0.5, 0.6) is 0 Å². The van der Waals surface area contributed by atoms with Gasteiger partial charge in [-0.25, -0.2) is 4.79 Å². The van der Waals surface area contributed by atoms with Crippen molar-refractivity contribution in [3.63, 3.8) is 0 Å². The second-order valence-electron chi connectivity index (χ2n) is 5.89. The summed E-state index contributed by atoms with van der Waals surface area (Å²) in [6, 6.07) is 10.3. The topological polar surface area (TPSA) is 52.7 Å². The molecule has 1 heterocycles. The van der Waals surface area contributed by atoms with Gasteiger partial charge in [-0.05, 0) is 25.8 Å². The van der Waals surface area contributed by atoms with Crippen LogP contribution in [-0.2, 0) is 4.79 Å². The van der Waals surface area contributed by atoms with Gasteiger partial charge in [-0.2, -0.15) is 0 Å². The monoisotopic (exact) mass is 317 g/mol. The number of hydrogen-bond acceptors (Lipinski definition) is 2. The van der Waals surface area contributed by atoms with E-state index < -0.39 is 0 Å². The first-order valence-corrected chi connectivity index (χ1v) is 8.51. The van der Waals surface area contributed by atoms with Gasteiger partial charge in [0.05, 0.1) is 0 Å². The first kappa shape index (κ1) is 17.3. The summed E-state index contributed by atoms with van der Waals surface area (Å²) in [7, 11) is 0. The van der Waals surface area contributed by atoms with Crippen LogP contribution in [0.3, 0.4) is 0 Å². The minimum Gasteiger partial charge on any atom is -0.343 e. The highest BCUT2D eigenvalue weighted by Gasteiger charge is 2.27. The highest BCUT2D eigenvalue weighted by Crippen LogP contribution is 2.26. The van der Waals surface area contributed by atoms with Crippen molar-refractivity contribution in [2.75, 3.05) is 32.7 Å². The Hall–Kier alpha value is -2.04. The molecule has 126 valence electrons. The maximum absolute atomic E-state index is 12.2. The molecule has 0 aliphatic carbocycles. The largest absolute Gasteiger partial charge is 0.343 e. The van der Waals surface area contributed by atoms with E-state index in [2.05, 4.69) is 17.4 Å². The number of benzene rings is 1. The Bertz CT molecular complexity index is 514. The highest BCUT2D eigenvalue weighted by atomic mass is 16.2. The molecule has 2 rings (SSSR count). The number of rotatable bonds is 6. The second kappa shape index (κ2) is 8.56. The lowest BCUT2D eigenvalue weighted by Crippen LogP contribution is -2.40. The molecule has 1 aromatic carbocycles. The number of nitrogens with zero attached hydrogens (tertiary/aromatic N) is 2. The van der Waals surface area contributed by atoms with E-state index in [0.29, 0.717) is 32.0 Å². The third-order valence-corrected chi connectivity index (χ3v) is 4.48.